The summed E-state index contributed by atoms with van der Waals surface area (Å²) in [4.78, 5) is 11.9. The molecule has 0 amide bonds. The number of rotatable bonds is 4. The summed E-state index contributed by atoms with van der Waals surface area (Å²) in [6, 6.07) is 10.3. The fraction of sp³-hybridized carbons (Fsp3) is 0.500. The van der Waals surface area contributed by atoms with Crippen molar-refractivity contribution >= 4 is 5.97 Å². The predicted octanol–water partition coefficient (Wildman–Crippen LogP) is 4.36. The van der Waals surface area contributed by atoms with Crippen LogP contribution in [0.15, 0.2) is 30.3 Å². The van der Waals surface area contributed by atoms with Crippen LogP contribution in [0.4, 0.5) is 0 Å². The van der Waals surface area contributed by atoms with Gasteiger partial charge in [0.1, 0.15) is 6.54 Å². The molecule has 1 aromatic heterocycles. The molecule has 4 heteroatoms. The number of carbonyl (C=O) groups is 1. The summed E-state index contributed by atoms with van der Waals surface area (Å²) in [6.07, 6.45) is 2.31. The van der Waals surface area contributed by atoms with Gasteiger partial charge in [-0.15, -0.1) is 0 Å². The molecule has 1 aromatic carbocycles. The Morgan fingerprint density at radius 3 is 2.62 bits per heavy atom. The van der Waals surface area contributed by atoms with Crippen molar-refractivity contribution in [3.8, 4) is 11.3 Å². The van der Waals surface area contributed by atoms with E-state index in [1.54, 1.807) is 0 Å². The van der Waals surface area contributed by atoms with Gasteiger partial charge in [0.25, 0.3) is 0 Å². The Balaban J connectivity index is 2.18. The molecule has 24 heavy (non-hydrogen) atoms. The number of nitrogens with zero attached hydrogens (tertiary/aromatic N) is 2. The first-order chi connectivity index (χ1) is 11.5. The molecule has 0 bridgehead atoms. The third-order valence-corrected chi connectivity index (χ3v) is 5.14. The monoisotopic (exact) mass is 326 g/mol. The molecule has 0 fully saturated rings. The molecular formula is C20H26N2O2. The van der Waals surface area contributed by atoms with E-state index in [1.165, 1.54) is 24.8 Å². The Kier molecular flexibility index (Phi) is 4.74. The van der Waals surface area contributed by atoms with Gasteiger partial charge in [0.05, 0.1) is 12.8 Å². The van der Waals surface area contributed by atoms with Crippen LogP contribution >= 0.6 is 0 Å². The van der Waals surface area contributed by atoms with Gasteiger partial charge in [-0.2, -0.15) is 5.10 Å². The van der Waals surface area contributed by atoms with Crippen molar-refractivity contribution in [1.29, 1.82) is 0 Å². The molecule has 0 spiro atoms. The van der Waals surface area contributed by atoms with Crippen molar-refractivity contribution in [2.24, 2.45) is 5.92 Å². The minimum absolute atomic E-state index is 0.182. The third kappa shape index (κ3) is 2.97. The van der Waals surface area contributed by atoms with Crippen LogP contribution in [0, 0.1) is 5.92 Å². The summed E-state index contributed by atoms with van der Waals surface area (Å²) in [5.74, 6) is 1.16. The fourth-order valence-electron chi connectivity index (χ4n) is 3.84. The van der Waals surface area contributed by atoms with Crippen molar-refractivity contribution in [1.82, 2.24) is 9.78 Å². The highest BCUT2D eigenvalue weighted by atomic mass is 16.5. The zero-order chi connectivity index (χ0) is 17.3. The number of methoxy groups -OCH3 is 1. The van der Waals surface area contributed by atoms with E-state index in [-0.39, 0.29) is 12.5 Å². The van der Waals surface area contributed by atoms with Gasteiger partial charge < -0.3 is 4.74 Å². The largest absolute Gasteiger partial charge is 0.468 e. The van der Waals surface area contributed by atoms with Crippen molar-refractivity contribution in [3.05, 3.63) is 41.6 Å². The van der Waals surface area contributed by atoms with Crippen LogP contribution < -0.4 is 0 Å². The lowest BCUT2D eigenvalue weighted by atomic mass is 9.75. The number of hydrogen-bond donors (Lipinski definition) is 0. The summed E-state index contributed by atoms with van der Waals surface area (Å²) in [5.41, 5.74) is 4.68. The van der Waals surface area contributed by atoms with Gasteiger partial charge in [0.15, 0.2) is 0 Å². The molecule has 2 atom stereocenters. The van der Waals surface area contributed by atoms with Gasteiger partial charge in [0, 0.05) is 22.7 Å². The second-order valence-electron chi connectivity index (χ2n) is 7.08. The number of ether oxygens (including phenoxy) is 1. The highest BCUT2D eigenvalue weighted by Crippen LogP contribution is 2.46. The molecule has 3 rings (SSSR count). The van der Waals surface area contributed by atoms with Gasteiger partial charge in [-0.3, -0.25) is 9.48 Å². The molecule has 2 aromatic rings. The lowest BCUT2D eigenvalue weighted by molar-refractivity contribution is -0.141. The molecule has 0 radical (unpaired) electrons. The first-order valence-corrected chi connectivity index (χ1v) is 8.75. The SMILES string of the molecule is COC(=O)Cn1nc(-c2ccccc2)c2c1[C@H](C(C)C)CC[C@H]2C. The van der Waals surface area contributed by atoms with E-state index in [4.69, 9.17) is 9.84 Å². The standard InChI is InChI=1S/C20H26N2O2/c1-13(2)16-11-10-14(3)18-19(15-8-6-5-7-9-15)21-22(20(16)18)12-17(23)24-4/h5-9,13-14,16H,10-12H2,1-4H3/t14-,16+/m1/s1. The summed E-state index contributed by atoms with van der Waals surface area (Å²) in [6.45, 7) is 6.96. The van der Waals surface area contributed by atoms with Gasteiger partial charge in [0.2, 0.25) is 0 Å². The van der Waals surface area contributed by atoms with Gasteiger partial charge in [-0.1, -0.05) is 51.1 Å². The summed E-state index contributed by atoms with van der Waals surface area (Å²) >= 11 is 0. The molecule has 0 unspecified atom stereocenters. The smallest absolute Gasteiger partial charge is 0.327 e. The maximum Gasteiger partial charge on any atom is 0.327 e. The van der Waals surface area contributed by atoms with Crippen LogP contribution in [0.5, 0.6) is 0 Å². The highest BCUT2D eigenvalue weighted by molar-refractivity contribution is 5.70. The van der Waals surface area contributed by atoms with E-state index < -0.39 is 0 Å². The number of aromatic nitrogens is 2. The van der Waals surface area contributed by atoms with E-state index in [2.05, 4.69) is 32.9 Å². The first-order valence-electron chi connectivity index (χ1n) is 8.75. The predicted molar refractivity (Wildman–Crippen MR) is 94.9 cm³/mol. The molecule has 1 aliphatic rings. The van der Waals surface area contributed by atoms with Gasteiger partial charge in [-0.25, -0.2) is 0 Å². The van der Waals surface area contributed by atoms with E-state index in [0.717, 1.165) is 17.7 Å². The lowest BCUT2D eigenvalue weighted by Gasteiger charge is -2.31. The Labute approximate surface area is 143 Å². The van der Waals surface area contributed by atoms with Crippen LogP contribution in [0.2, 0.25) is 0 Å². The average Bonchev–Trinajstić information content (AvgIpc) is 2.96. The number of esters is 1. The van der Waals surface area contributed by atoms with E-state index in [0.29, 0.717) is 17.8 Å². The van der Waals surface area contributed by atoms with E-state index >= 15 is 0 Å². The number of fused-ring (bicyclic) bond motifs is 1. The number of benzene rings is 1. The van der Waals surface area contributed by atoms with Gasteiger partial charge >= 0.3 is 5.97 Å². The summed E-state index contributed by atoms with van der Waals surface area (Å²) < 4.78 is 6.78. The van der Waals surface area contributed by atoms with Crippen LogP contribution in [0.25, 0.3) is 11.3 Å². The molecular weight excluding hydrogens is 300 g/mol. The van der Waals surface area contributed by atoms with E-state index in [1.807, 2.05) is 22.9 Å². The maximum absolute atomic E-state index is 11.9. The van der Waals surface area contributed by atoms with Crippen LogP contribution in [0.1, 0.15) is 56.7 Å². The molecule has 4 nitrogen and oxygen atoms in total. The minimum atomic E-state index is -0.249. The quantitative estimate of drug-likeness (QED) is 0.784. The normalized spacial score (nSPS) is 20.0. The van der Waals surface area contributed by atoms with Crippen molar-refractivity contribution in [2.45, 2.75) is 52.0 Å². The molecule has 0 N–H and O–H groups in total. The summed E-state index contributed by atoms with van der Waals surface area (Å²) in [7, 11) is 1.43. The Morgan fingerprint density at radius 2 is 2.00 bits per heavy atom. The zero-order valence-electron chi connectivity index (χ0n) is 15.0. The Hall–Kier alpha value is -2.10. The Morgan fingerprint density at radius 1 is 1.29 bits per heavy atom. The van der Waals surface area contributed by atoms with Crippen LogP contribution in [-0.2, 0) is 16.1 Å². The second-order valence-corrected chi connectivity index (χ2v) is 7.08. The van der Waals surface area contributed by atoms with Crippen LogP contribution in [0.3, 0.4) is 0 Å². The maximum atomic E-state index is 11.9. The van der Waals surface area contributed by atoms with E-state index in [9.17, 15) is 4.79 Å². The van der Waals surface area contributed by atoms with Crippen molar-refractivity contribution < 1.29 is 9.53 Å². The van der Waals surface area contributed by atoms with Crippen LogP contribution in [-0.4, -0.2) is 22.9 Å². The van der Waals surface area contributed by atoms with Crippen molar-refractivity contribution in [3.63, 3.8) is 0 Å². The van der Waals surface area contributed by atoms with Gasteiger partial charge in [-0.05, 0) is 24.7 Å². The highest BCUT2D eigenvalue weighted by Gasteiger charge is 2.34. The minimum Gasteiger partial charge on any atom is -0.468 e. The topological polar surface area (TPSA) is 44.1 Å². The fourth-order valence-corrected chi connectivity index (χ4v) is 3.84. The molecule has 0 aliphatic heterocycles. The first kappa shape index (κ1) is 16.7. The number of carbonyl (C=O) groups excluding carboxylic acids is 1. The summed E-state index contributed by atoms with van der Waals surface area (Å²) in [5, 5.41) is 4.85. The van der Waals surface area contributed by atoms with Crippen molar-refractivity contribution in [2.75, 3.05) is 7.11 Å². The number of hydrogen-bond acceptors (Lipinski definition) is 3. The third-order valence-electron chi connectivity index (χ3n) is 5.14. The molecule has 1 aliphatic carbocycles. The molecule has 0 saturated heterocycles. The lowest BCUT2D eigenvalue weighted by Crippen LogP contribution is -2.23. The molecule has 0 saturated carbocycles. The Bertz CT molecular complexity index is 719. The average molecular weight is 326 g/mol. The second kappa shape index (κ2) is 6.80. The molecule has 128 valence electrons. The zero-order valence-corrected chi connectivity index (χ0v) is 15.0. The molecule has 1 heterocycles.